The highest BCUT2D eigenvalue weighted by Crippen LogP contribution is 2.28. The Labute approximate surface area is 116 Å². The Kier molecular flexibility index (Phi) is 4.22. The summed E-state index contributed by atoms with van der Waals surface area (Å²) < 4.78 is 13.5. The van der Waals surface area contributed by atoms with E-state index in [1.165, 1.54) is 12.1 Å². The fraction of sp³-hybridized carbons (Fsp3) is 0.214. The lowest BCUT2D eigenvalue weighted by Crippen LogP contribution is -2.22. The number of hydrogen-bond acceptors (Lipinski definition) is 3. The van der Waals surface area contributed by atoms with Gasteiger partial charge in [0.05, 0.1) is 16.4 Å². The van der Waals surface area contributed by atoms with Gasteiger partial charge < -0.3 is 10.6 Å². The van der Waals surface area contributed by atoms with E-state index in [2.05, 4.69) is 4.98 Å². The Morgan fingerprint density at radius 2 is 2.16 bits per heavy atom. The Bertz CT molecular complexity index is 560. The molecule has 0 fully saturated rings. The molecule has 0 saturated carbocycles. The fourth-order valence-corrected chi connectivity index (χ4v) is 2.00. The first kappa shape index (κ1) is 13.6. The first-order valence-corrected chi connectivity index (χ1v) is 6.31. The molecule has 1 aromatic heterocycles. The molecule has 19 heavy (non-hydrogen) atoms. The van der Waals surface area contributed by atoms with Gasteiger partial charge in [0.25, 0.3) is 0 Å². The first-order chi connectivity index (χ1) is 9.08. The zero-order chi connectivity index (χ0) is 13.8. The average Bonchev–Trinajstić information content (AvgIpc) is 2.41. The summed E-state index contributed by atoms with van der Waals surface area (Å²) in [6.07, 6.45) is 2.52. The van der Waals surface area contributed by atoms with Gasteiger partial charge in [-0.1, -0.05) is 17.7 Å². The highest BCUT2D eigenvalue weighted by Gasteiger charge is 2.10. The normalized spacial score (nSPS) is 10.5. The van der Waals surface area contributed by atoms with Crippen molar-refractivity contribution < 1.29 is 4.39 Å². The van der Waals surface area contributed by atoms with E-state index in [-0.39, 0.29) is 5.02 Å². The number of rotatable bonds is 4. The number of pyridine rings is 1. The van der Waals surface area contributed by atoms with Gasteiger partial charge >= 0.3 is 0 Å². The molecule has 0 bridgehead atoms. The number of hydrogen-bond donors (Lipinski definition) is 1. The van der Waals surface area contributed by atoms with E-state index in [9.17, 15) is 4.39 Å². The van der Waals surface area contributed by atoms with Crippen molar-refractivity contribution >= 4 is 23.0 Å². The van der Waals surface area contributed by atoms with Crippen molar-refractivity contribution in [3.8, 4) is 0 Å². The maximum atomic E-state index is 13.5. The molecule has 2 N–H and O–H groups in total. The van der Waals surface area contributed by atoms with Crippen molar-refractivity contribution in [2.45, 2.75) is 6.42 Å². The molecular weight excluding hydrogens is 265 g/mol. The van der Waals surface area contributed by atoms with Crippen molar-refractivity contribution in [2.75, 3.05) is 24.2 Å². The van der Waals surface area contributed by atoms with Crippen LogP contribution in [0.15, 0.2) is 36.5 Å². The molecule has 100 valence electrons. The fourth-order valence-electron chi connectivity index (χ4n) is 1.83. The number of aromatic nitrogens is 1. The predicted molar refractivity (Wildman–Crippen MR) is 77.0 cm³/mol. The lowest BCUT2D eigenvalue weighted by atomic mass is 10.2. The number of benzene rings is 1. The van der Waals surface area contributed by atoms with E-state index in [0.29, 0.717) is 17.9 Å². The standard InChI is InChI=1S/C14H15ClFN3/c1-19(7-5-10-4-2-3-6-18-10)14-9-12(16)11(15)8-13(14)17/h2-4,6,8-9H,5,7,17H2,1H3. The molecule has 1 heterocycles. The van der Waals surface area contributed by atoms with Crippen LogP contribution in [0.25, 0.3) is 0 Å². The van der Waals surface area contributed by atoms with Crippen LogP contribution in [0.5, 0.6) is 0 Å². The quantitative estimate of drug-likeness (QED) is 0.875. The van der Waals surface area contributed by atoms with Crippen LogP contribution in [-0.4, -0.2) is 18.6 Å². The maximum absolute atomic E-state index is 13.5. The highest BCUT2D eigenvalue weighted by molar-refractivity contribution is 6.31. The van der Waals surface area contributed by atoms with Gasteiger partial charge in [-0.05, 0) is 18.2 Å². The molecule has 0 aliphatic rings. The van der Waals surface area contributed by atoms with Crippen LogP contribution in [0.2, 0.25) is 5.02 Å². The average molecular weight is 280 g/mol. The van der Waals surface area contributed by atoms with Crippen molar-refractivity contribution in [3.63, 3.8) is 0 Å². The molecule has 2 rings (SSSR count). The molecule has 0 aliphatic heterocycles. The lowest BCUT2D eigenvalue weighted by molar-refractivity contribution is 0.628. The summed E-state index contributed by atoms with van der Waals surface area (Å²) >= 11 is 5.68. The molecule has 0 aliphatic carbocycles. The van der Waals surface area contributed by atoms with Gasteiger partial charge in [-0.15, -0.1) is 0 Å². The lowest BCUT2D eigenvalue weighted by Gasteiger charge is -2.21. The Morgan fingerprint density at radius 1 is 1.37 bits per heavy atom. The van der Waals surface area contributed by atoms with E-state index in [4.69, 9.17) is 17.3 Å². The number of likely N-dealkylation sites (N-methyl/N-ethyl adjacent to an activating group) is 1. The van der Waals surface area contributed by atoms with Gasteiger partial charge in [-0.3, -0.25) is 4.98 Å². The zero-order valence-electron chi connectivity index (χ0n) is 10.6. The Balaban J connectivity index is 2.08. The number of halogens is 2. The van der Waals surface area contributed by atoms with E-state index < -0.39 is 5.82 Å². The predicted octanol–water partition coefficient (Wildman–Crippen LogP) is 3.14. The third-order valence-electron chi connectivity index (χ3n) is 2.91. The van der Waals surface area contributed by atoms with Crippen molar-refractivity contribution in [1.82, 2.24) is 4.98 Å². The van der Waals surface area contributed by atoms with E-state index in [1.807, 2.05) is 30.1 Å². The number of nitrogens with zero attached hydrogens (tertiary/aromatic N) is 2. The van der Waals surface area contributed by atoms with Crippen LogP contribution in [0, 0.1) is 5.82 Å². The van der Waals surface area contributed by atoms with Crippen LogP contribution >= 0.6 is 11.6 Å². The smallest absolute Gasteiger partial charge is 0.144 e. The second-order valence-electron chi connectivity index (χ2n) is 4.32. The molecule has 0 radical (unpaired) electrons. The summed E-state index contributed by atoms with van der Waals surface area (Å²) in [6, 6.07) is 8.57. The monoisotopic (exact) mass is 279 g/mol. The van der Waals surface area contributed by atoms with Gasteiger partial charge in [0.1, 0.15) is 5.82 Å². The van der Waals surface area contributed by atoms with E-state index in [0.717, 1.165) is 12.1 Å². The van der Waals surface area contributed by atoms with Crippen LogP contribution in [0.3, 0.4) is 0 Å². The van der Waals surface area contributed by atoms with E-state index in [1.54, 1.807) is 6.20 Å². The summed E-state index contributed by atoms with van der Waals surface area (Å²) in [5.41, 5.74) is 7.94. The van der Waals surface area contributed by atoms with Crippen LogP contribution in [-0.2, 0) is 6.42 Å². The molecule has 2 aromatic rings. The molecule has 5 heteroatoms. The summed E-state index contributed by atoms with van der Waals surface area (Å²) in [6.45, 7) is 0.697. The SMILES string of the molecule is CN(CCc1ccccn1)c1cc(F)c(Cl)cc1N. The highest BCUT2D eigenvalue weighted by atomic mass is 35.5. The third-order valence-corrected chi connectivity index (χ3v) is 3.20. The van der Waals surface area contributed by atoms with Crippen molar-refractivity contribution in [3.05, 3.63) is 53.1 Å². The maximum Gasteiger partial charge on any atom is 0.144 e. The molecule has 0 unspecified atom stereocenters. The molecule has 0 spiro atoms. The first-order valence-electron chi connectivity index (χ1n) is 5.93. The van der Waals surface area contributed by atoms with Crippen LogP contribution in [0.1, 0.15) is 5.69 Å². The van der Waals surface area contributed by atoms with Gasteiger partial charge in [-0.25, -0.2) is 4.39 Å². The molecule has 0 amide bonds. The second-order valence-corrected chi connectivity index (χ2v) is 4.72. The van der Waals surface area contributed by atoms with Gasteiger partial charge in [0.15, 0.2) is 0 Å². The van der Waals surface area contributed by atoms with Crippen molar-refractivity contribution in [2.24, 2.45) is 0 Å². The minimum absolute atomic E-state index is 0.0411. The molecule has 0 atom stereocenters. The largest absolute Gasteiger partial charge is 0.397 e. The van der Waals surface area contributed by atoms with Gasteiger partial charge in [0, 0.05) is 38.0 Å². The summed E-state index contributed by atoms with van der Waals surface area (Å²) in [5, 5.41) is 0.0411. The summed E-state index contributed by atoms with van der Waals surface area (Å²) in [5.74, 6) is -0.462. The molecular formula is C14H15ClFN3. The summed E-state index contributed by atoms with van der Waals surface area (Å²) in [4.78, 5) is 6.14. The van der Waals surface area contributed by atoms with Crippen LogP contribution < -0.4 is 10.6 Å². The Morgan fingerprint density at radius 3 is 2.84 bits per heavy atom. The Hall–Kier alpha value is -1.81. The number of anilines is 2. The minimum atomic E-state index is -0.462. The zero-order valence-corrected chi connectivity index (χ0v) is 11.4. The number of nitrogen functional groups attached to an aromatic ring is 1. The summed E-state index contributed by atoms with van der Waals surface area (Å²) in [7, 11) is 1.86. The van der Waals surface area contributed by atoms with E-state index >= 15 is 0 Å². The number of nitrogens with two attached hydrogens (primary N) is 1. The van der Waals surface area contributed by atoms with Gasteiger partial charge in [0.2, 0.25) is 0 Å². The molecule has 0 saturated heterocycles. The molecule has 1 aromatic carbocycles. The van der Waals surface area contributed by atoms with Crippen LogP contribution in [0.4, 0.5) is 15.8 Å². The van der Waals surface area contributed by atoms with Gasteiger partial charge in [-0.2, -0.15) is 0 Å². The van der Waals surface area contributed by atoms with Crippen molar-refractivity contribution in [1.29, 1.82) is 0 Å². The third kappa shape index (κ3) is 3.35. The second kappa shape index (κ2) is 5.89. The molecule has 3 nitrogen and oxygen atoms in total. The topological polar surface area (TPSA) is 42.2 Å². The minimum Gasteiger partial charge on any atom is -0.397 e.